The second kappa shape index (κ2) is 6.48. The molecule has 1 aromatic heterocycles. The van der Waals surface area contributed by atoms with Gasteiger partial charge in [-0.2, -0.15) is 20.2 Å². The zero-order chi connectivity index (χ0) is 15.5. The summed E-state index contributed by atoms with van der Waals surface area (Å²) in [4.78, 5) is 8.04. The number of amidine groups is 2. The third-order valence-corrected chi connectivity index (χ3v) is 4.73. The fourth-order valence-electron chi connectivity index (χ4n) is 1.74. The van der Waals surface area contributed by atoms with Crippen molar-refractivity contribution in [3.05, 3.63) is 17.0 Å². The molecule has 1 fully saturated rings. The van der Waals surface area contributed by atoms with E-state index in [2.05, 4.69) is 24.6 Å². The standard InChI is InChI=1S/C11H17N5O3S2/c1-7-9(8(2)19-14-7)6-20-5-4-13-11-10(12-3)15-21(17,18)16-11/h4-6H2,1-3H3,(H,12,15)(H,13,16). The number of rotatable bonds is 5. The van der Waals surface area contributed by atoms with Gasteiger partial charge in [0.2, 0.25) is 0 Å². The zero-order valence-electron chi connectivity index (χ0n) is 12.0. The zero-order valence-corrected chi connectivity index (χ0v) is 13.6. The maximum absolute atomic E-state index is 11.3. The molecular formula is C11H17N5O3S2. The van der Waals surface area contributed by atoms with Gasteiger partial charge in [-0.25, -0.2) is 9.44 Å². The molecular weight excluding hydrogens is 314 g/mol. The normalized spacial score (nSPS) is 20.7. The van der Waals surface area contributed by atoms with Crippen LogP contribution >= 0.6 is 11.8 Å². The van der Waals surface area contributed by atoms with Crippen LogP contribution in [0.3, 0.4) is 0 Å². The number of hydrogen-bond donors (Lipinski definition) is 2. The van der Waals surface area contributed by atoms with E-state index < -0.39 is 10.2 Å². The van der Waals surface area contributed by atoms with Gasteiger partial charge >= 0.3 is 10.2 Å². The molecule has 0 radical (unpaired) electrons. The van der Waals surface area contributed by atoms with E-state index in [1.807, 2.05) is 13.8 Å². The van der Waals surface area contributed by atoms with Crippen LogP contribution in [0.1, 0.15) is 17.0 Å². The molecule has 0 aromatic carbocycles. The maximum Gasteiger partial charge on any atom is 0.324 e. The predicted molar refractivity (Wildman–Crippen MR) is 83.0 cm³/mol. The molecule has 21 heavy (non-hydrogen) atoms. The van der Waals surface area contributed by atoms with Crippen LogP contribution in [0.2, 0.25) is 0 Å². The molecule has 1 aliphatic rings. The molecule has 10 heteroatoms. The van der Waals surface area contributed by atoms with Crippen molar-refractivity contribution in [2.75, 3.05) is 19.3 Å². The van der Waals surface area contributed by atoms with E-state index in [0.29, 0.717) is 6.54 Å². The lowest BCUT2D eigenvalue weighted by atomic mass is 10.2. The van der Waals surface area contributed by atoms with Crippen LogP contribution in [0.15, 0.2) is 14.5 Å². The predicted octanol–water partition coefficient (Wildman–Crippen LogP) is 0.389. The molecule has 2 N–H and O–H groups in total. The van der Waals surface area contributed by atoms with Gasteiger partial charge in [0.25, 0.3) is 0 Å². The average Bonchev–Trinajstić information content (AvgIpc) is 2.90. The number of hydrogen-bond acceptors (Lipinski definition) is 7. The summed E-state index contributed by atoms with van der Waals surface area (Å²) in [6.07, 6.45) is 0. The highest BCUT2D eigenvalue weighted by Gasteiger charge is 2.27. The Balaban J connectivity index is 1.83. The van der Waals surface area contributed by atoms with E-state index in [1.54, 1.807) is 11.8 Å². The third-order valence-electron chi connectivity index (χ3n) is 2.84. The second-order valence-corrected chi connectivity index (χ2v) is 6.89. The fraction of sp³-hybridized carbons (Fsp3) is 0.545. The Hall–Kier alpha value is -1.55. The summed E-state index contributed by atoms with van der Waals surface area (Å²) >= 11 is 1.69. The van der Waals surface area contributed by atoms with Gasteiger partial charge in [-0.15, -0.1) is 0 Å². The Morgan fingerprint density at radius 2 is 2.00 bits per heavy atom. The van der Waals surface area contributed by atoms with Gasteiger partial charge in [-0.1, -0.05) is 5.16 Å². The van der Waals surface area contributed by atoms with Crippen molar-refractivity contribution in [3.8, 4) is 0 Å². The number of aliphatic imine (C=N–C) groups is 2. The molecule has 0 amide bonds. The van der Waals surface area contributed by atoms with Gasteiger partial charge in [-0.3, -0.25) is 9.98 Å². The van der Waals surface area contributed by atoms with Gasteiger partial charge in [0.05, 0.1) is 12.2 Å². The molecule has 0 spiro atoms. The molecule has 1 saturated heterocycles. The molecule has 116 valence electrons. The molecule has 2 rings (SSSR count). The maximum atomic E-state index is 11.3. The van der Waals surface area contributed by atoms with Crippen molar-refractivity contribution in [1.82, 2.24) is 14.6 Å². The minimum atomic E-state index is -3.54. The molecule has 1 aliphatic heterocycles. The van der Waals surface area contributed by atoms with Gasteiger partial charge < -0.3 is 4.52 Å². The van der Waals surface area contributed by atoms with Gasteiger partial charge in [0.15, 0.2) is 11.7 Å². The molecule has 0 aliphatic carbocycles. The van der Waals surface area contributed by atoms with E-state index >= 15 is 0 Å². The molecule has 0 unspecified atom stereocenters. The molecule has 8 nitrogen and oxygen atoms in total. The first kappa shape index (κ1) is 15.8. The smallest absolute Gasteiger partial charge is 0.324 e. The molecule has 0 bridgehead atoms. The van der Waals surface area contributed by atoms with Crippen LogP contribution < -0.4 is 9.44 Å². The summed E-state index contributed by atoms with van der Waals surface area (Å²) in [7, 11) is -2.03. The van der Waals surface area contributed by atoms with Crippen molar-refractivity contribution in [3.63, 3.8) is 0 Å². The Kier molecular flexibility index (Phi) is 4.88. The SMILES string of the molecule is CN=C1NS(=O)(=O)NC1=NCCSCc1c(C)noc1C. The van der Waals surface area contributed by atoms with Crippen LogP contribution in [-0.4, -0.2) is 44.6 Å². The highest BCUT2D eigenvalue weighted by molar-refractivity contribution is 7.98. The van der Waals surface area contributed by atoms with Gasteiger partial charge in [0, 0.05) is 24.1 Å². The third kappa shape index (κ3) is 3.97. The van der Waals surface area contributed by atoms with E-state index in [9.17, 15) is 8.42 Å². The van der Waals surface area contributed by atoms with E-state index in [-0.39, 0.29) is 11.7 Å². The van der Waals surface area contributed by atoms with E-state index in [1.165, 1.54) is 7.05 Å². The molecule has 2 heterocycles. The molecule has 1 aromatic rings. The number of aryl methyl sites for hydroxylation is 2. The summed E-state index contributed by atoms with van der Waals surface area (Å²) in [6.45, 7) is 4.29. The highest BCUT2D eigenvalue weighted by atomic mass is 32.2. The van der Waals surface area contributed by atoms with Gasteiger partial charge in [-0.05, 0) is 13.8 Å². The first-order chi connectivity index (χ1) is 9.93. The van der Waals surface area contributed by atoms with Crippen LogP contribution in [-0.2, 0) is 16.0 Å². The summed E-state index contributed by atoms with van der Waals surface area (Å²) in [5.74, 6) is 2.89. The van der Waals surface area contributed by atoms with Crippen molar-refractivity contribution in [1.29, 1.82) is 0 Å². The van der Waals surface area contributed by atoms with Gasteiger partial charge in [0.1, 0.15) is 5.76 Å². The topological polar surface area (TPSA) is 109 Å². The average molecular weight is 331 g/mol. The number of aromatic nitrogens is 1. The quantitative estimate of drug-likeness (QED) is 0.759. The number of nitrogens with zero attached hydrogens (tertiary/aromatic N) is 3. The van der Waals surface area contributed by atoms with Crippen LogP contribution in [0.25, 0.3) is 0 Å². The van der Waals surface area contributed by atoms with Crippen molar-refractivity contribution >= 4 is 33.6 Å². The Labute approximate surface area is 127 Å². The van der Waals surface area contributed by atoms with Crippen molar-refractivity contribution < 1.29 is 12.9 Å². The lowest BCUT2D eigenvalue weighted by molar-refractivity contribution is 0.392. The lowest BCUT2D eigenvalue weighted by Gasteiger charge is -2.00. The van der Waals surface area contributed by atoms with Crippen LogP contribution in [0.5, 0.6) is 0 Å². The summed E-state index contributed by atoms with van der Waals surface area (Å²) in [6, 6.07) is 0. The minimum absolute atomic E-state index is 0.241. The first-order valence-corrected chi connectivity index (χ1v) is 8.88. The minimum Gasteiger partial charge on any atom is -0.361 e. The van der Waals surface area contributed by atoms with E-state index in [4.69, 9.17) is 4.52 Å². The Bertz CT molecular complexity index is 659. The van der Waals surface area contributed by atoms with Crippen LogP contribution in [0.4, 0.5) is 0 Å². The number of thioether (sulfide) groups is 1. The van der Waals surface area contributed by atoms with E-state index in [0.717, 1.165) is 28.5 Å². The highest BCUT2D eigenvalue weighted by Crippen LogP contribution is 2.19. The lowest BCUT2D eigenvalue weighted by Crippen LogP contribution is -2.24. The monoisotopic (exact) mass is 331 g/mol. The summed E-state index contributed by atoms with van der Waals surface area (Å²) in [5, 5.41) is 3.90. The Morgan fingerprint density at radius 3 is 2.62 bits per heavy atom. The van der Waals surface area contributed by atoms with Crippen molar-refractivity contribution in [2.24, 2.45) is 9.98 Å². The summed E-state index contributed by atoms with van der Waals surface area (Å²) in [5.41, 5.74) is 2.01. The number of nitrogens with one attached hydrogen (secondary N) is 2. The second-order valence-electron chi connectivity index (χ2n) is 4.37. The van der Waals surface area contributed by atoms with Crippen LogP contribution in [0, 0.1) is 13.8 Å². The van der Waals surface area contributed by atoms with Crippen molar-refractivity contribution in [2.45, 2.75) is 19.6 Å². The largest absolute Gasteiger partial charge is 0.361 e. The summed E-state index contributed by atoms with van der Waals surface area (Å²) < 4.78 is 32.3. The first-order valence-electron chi connectivity index (χ1n) is 6.24. The molecule has 0 atom stereocenters. The Morgan fingerprint density at radius 1 is 1.29 bits per heavy atom. The fourth-order valence-corrected chi connectivity index (χ4v) is 3.63. The molecule has 0 saturated carbocycles.